The van der Waals surface area contributed by atoms with Crippen LogP contribution >= 0.6 is 0 Å². The number of sulfonamides is 1. The van der Waals surface area contributed by atoms with E-state index in [0.717, 1.165) is 16.7 Å². The molecule has 0 bridgehead atoms. The van der Waals surface area contributed by atoms with Crippen LogP contribution < -0.4 is 4.72 Å². The van der Waals surface area contributed by atoms with E-state index in [1.54, 1.807) is 0 Å². The van der Waals surface area contributed by atoms with Crippen molar-refractivity contribution in [2.45, 2.75) is 69.9 Å². The molecule has 0 saturated carbocycles. The van der Waals surface area contributed by atoms with Crippen molar-refractivity contribution in [1.29, 1.82) is 0 Å². The molecule has 1 aliphatic heterocycles. The zero-order valence-corrected chi connectivity index (χ0v) is 16.5. The van der Waals surface area contributed by atoms with Crippen molar-refractivity contribution in [3.05, 3.63) is 28.8 Å². The Kier molecular flexibility index (Phi) is 5.41. The maximum atomic E-state index is 12.8. The third-order valence-electron chi connectivity index (χ3n) is 4.47. The zero-order valence-electron chi connectivity index (χ0n) is 15.7. The smallest absolute Gasteiger partial charge is 0.211 e. The largest absolute Gasteiger partial charge is 0.241 e. The molecule has 2 rings (SSSR count). The van der Waals surface area contributed by atoms with Gasteiger partial charge < -0.3 is 0 Å². The van der Waals surface area contributed by atoms with Crippen LogP contribution in [0.2, 0.25) is 0 Å². The van der Waals surface area contributed by atoms with E-state index >= 15 is 0 Å². The summed E-state index contributed by atoms with van der Waals surface area (Å²) in [6.45, 7) is 10.3. The molecule has 0 unspecified atom stereocenters. The molecule has 0 spiro atoms. The minimum atomic E-state index is -3.57. The molecule has 0 aromatic heterocycles. The highest BCUT2D eigenvalue weighted by atomic mass is 32.2. The molecule has 0 radical (unpaired) electrons. The maximum absolute atomic E-state index is 12.8. The van der Waals surface area contributed by atoms with E-state index in [9.17, 15) is 8.42 Å². The van der Waals surface area contributed by atoms with Gasteiger partial charge in [-0.15, -0.1) is 12.3 Å². The number of nitrogens with one attached hydrogen (secondary N) is 1. The number of hydrogen-bond donors (Lipinski definition) is 1. The van der Waals surface area contributed by atoms with Crippen LogP contribution in [0.4, 0.5) is 0 Å². The first kappa shape index (κ1) is 19.6. The Morgan fingerprint density at radius 3 is 2.16 bits per heavy atom. The zero-order chi connectivity index (χ0) is 18.9. The van der Waals surface area contributed by atoms with Crippen LogP contribution in [0.1, 0.15) is 56.7 Å². The number of hydrogen-bond acceptors (Lipinski definition) is 4. The summed E-state index contributed by atoms with van der Waals surface area (Å²) in [5, 5.41) is 8.06. The molecule has 0 aliphatic carbocycles. The molecule has 1 aromatic carbocycles. The van der Waals surface area contributed by atoms with Crippen molar-refractivity contribution in [3.63, 3.8) is 0 Å². The van der Waals surface area contributed by atoms with Crippen LogP contribution in [-0.4, -0.2) is 20.6 Å². The van der Waals surface area contributed by atoms with Gasteiger partial charge in [-0.3, -0.25) is 0 Å². The fourth-order valence-electron chi connectivity index (χ4n) is 2.93. The summed E-state index contributed by atoms with van der Waals surface area (Å²) >= 11 is 0. The summed E-state index contributed by atoms with van der Waals surface area (Å²) in [7, 11) is -3.57. The molecule has 1 aromatic rings. The van der Waals surface area contributed by atoms with Gasteiger partial charge in [-0.2, -0.15) is 10.2 Å². The molecule has 0 fully saturated rings. The van der Waals surface area contributed by atoms with Crippen molar-refractivity contribution in [2.24, 2.45) is 10.2 Å². The summed E-state index contributed by atoms with van der Waals surface area (Å²) < 4.78 is 28.2. The van der Waals surface area contributed by atoms with Gasteiger partial charge in [0.1, 0.15) is 0 Å². The molecular formula is C19H27N3O2S. The van der Waals surface area contributed by atoms with Crippen molar-refractivity contribution in [3.8, 4) is 12.3 Å². The lowest BCUT2D eigenvalue weighted by Crippen LogP contribution is -2.29. The minimum Gasteiger partial charge on any atom is -0.211 e. The Bertz CT molecular complexity index is 798. The maximum Gasteiger partial charge on any atom is 0.241 e. The first-order valence-electron chi connectivity index (χ1n) is 8.50. The van der Waals surface area contributed by atoms with Gasteiger partial charge in [-0.25, -0.2) is 13.1 Å². The fraction of sp³-hybridized carbons (Fsp3) is 0.579. The number of rotatable bonds is 7. The van der Waals surface area contributed by atoms with Crippen molar-refractivity contribution < 1.29 is 8.42 Å². The van der Waals surface area contributed by atoms with E-state index in [-0.39, 0.29) is 5.41 Å². The predicted octanol–water partition coefficient (Wildman–Crippen LogP) is 3.84. The van der Waals surface area contributed by atoms with E-state index in [1.807, 2.05) is 26.0 Å². The summed E-state index contributed by atoms with van der Waals surface area (Å²) in [6.07, 6.45) is 7.06. The molecule has 1 N–H and O–H groups in total. The molecule has 0 saturated heterocycles. The Morgan fingerprint density at radius 2 is 1.72 bits per heavy atom. The average Bonchev–Trinajstić information content (AvgIpc) is 3.23. The number of terminal acetylenes is 1. The Balaban J connectivity index is 2.11. The molecule has 0 atom stereocenters. The molecular weight excluding hydrogens is 334 g/mol. The number of nitrogens with zero attached hydrogens (tertiary/aromatic N) is 2. The van der Waals surface area contributed by atoms with Crippen LogP contribution in [0, 0.1) is 26.2 Å². The second-order valence-corrected chi connectivity index (χ2v) is 9.43. The first-order valence-corrected chi connectivity index (χ1v) is 9.98. The second kappa shape index (κ2) is 6.89. The van der Waals surface area contributed by atoms with Gasteiger partial charge in [0.05, 0.1) is 4.90 Å². The lowest BCUT2D eigenvalue weighted by Gasteiger charge is -2.22. The number of aryl methyl sites for hydroxylation is 2. The molecule has 5 nitrogen and oxygen atoms in total. The Morgan fingerprint density at radius 1 is 1.16 bits per heavy atom. The normalized spacial score (nSPS) is 15.8. The van der Waals surface area contributed by atoms with Crippen LogP contribution in [0.5, 0.6) is 0 Å². The monoisotopic (exact) mass is 361 g/mol. The van der Waals surface area contributed by atoms with Crippen LogP contribution in [-0.2, 0) is 15.4 Å². The lowest BCUT2D eigenvalue weighted by molar-refractivity contribution is 0.505. The van der Waals surface area contributed by atoms with Crippen molar-refractivity contribution in [2.75, 3.05) is 6.54 Å². The molecule has 1 aliphatic rings. The summed E-state index contributed by atoms with van der Waals surface area (Å²) in [6, 6.07) is 3.92. The van der Waals surface area contributed by atoms with Gasteiger partial charge in [0, 0.05) is 25.8 Å². The van der Waals surface area contributed by atoms with Crippen LogP contribution in [0.15, 0.2) is 27.3 Å². The quantitative estimate of drug-likeness (QED) is 0.750. The van der Waals surface area contributed by atoms with E-state index in [0.29, 0.717) is 30.7 Å². The van der Waals surface area contributed by atoms with Gasteiger partial charge >= 0.3 is 0 Å². The molecule has 1 heterocycles. The molecule has 136 valence electrons. The van der Waals surface area contributed by atoms with E-state index < -0.39 is 15.7 Å². The van der Waals surface area contributed by atoms with Crippen molar-refractivity contribution >= 4 is 10.0 Å². The van der Waals surface area contributed by atoms with E-state index in [4.69, 9.17) is 6.42 Å². The second-order valence-electron chi connectivity index (χ2n) is 7.72. The topological polar surface area (TPSA) is 70.9 Å². The highest BCUT2D eigenvalue weighted by molar-refractivity contribution is 7.89. The van der Waals surface area contributed by atoms with Crippen LogP contribution in [0.3, 0.4) is 0 Å². The van der Waals surface area contributed by atoms with Gasteiger partial charge in [0.15, 0.2) is 5.66 Å². The highest BCUT2D eigenvalue weighted by Crippen LogP contribution is 2.36. The van der Waals surface area contributed by atoms with Gasteiger partial charge in [-0.05, 0) is 36.0 Å². The Labute approximate surface area is 151 Å². The minimum absolute atomic E-state index is 0.0242. The highest BCUT2D eigenvalue weighted by Gasteiger charge is 2.39. The van der Waals surface area contributed by atoms with Gasteiger partial charge in [0.2, 0.25) is 10.0 Å². The molecule has 25 heavy (non-hydrogen) atoms. The first-order chi connectivity index (χ1) is 11.5. The third-order valence-corrected chi connectivity index (χ3v) is 6.23. The summed E-state index contributed by atoms with van der Waals surface area (Å²) in [5.41, 5.74) is 2.16. The third kappa shape index (κ3) is 4.68. The molecule has 0 amide bonds. The van der Waals surface area contributed by atoms with E-state index in [2.05, 4.69) is 41.6 Å². The fourth-order valence-corrected chi connectivity index (χ4v) is 4.41. The lowest BCUT2D eigenvalue weighted by atomic mass is 9.85. The van der Waals surface area contributed by atoms with Gasteiger partial charge in [0.25, 0.3) is 0 Å². The SMILES string of the molecule is C#CCCC1(CCNS(=O)(=O)c2c(C)cc(C(C)(C)C)cc2C)N=N1. The predicted molar refractivity (Wildman–Crippen MR) is 100 cm³/mol. The number of benzene rings is 1. The van der Waals surface area contributed by atoms with Gasteiger partial charge in [-0.1, -0.05) is 32.9 Å². The Hall–Kier alpha value is -1.71. The van der Waals surface area contributed by atoms with E-state index in [1.165, 1.54) is 0 Å². The summed E-state index contributed by atoms with van der Waals surface area (Å²) in [4.78, 5) is 0.364. The standard InChI is InChI=1S/C19H27N3O2S/c1-7-8-9-19(21-22-19)10-11-20-25(23,24)17-14(2)12-16(13-15(17)3)18(4,5)6/h1,12-13,20H,8-11H2,2-6H3. The van der Waals surface area contributed by atoms with Crippen molar-refractivity contribution in [1.82, 2.24) is 4.72 Å². The van der Waals surface area contributed by atoms with Crippen LogP contribution in [0.25, 0.3) is 0 Å². The summed E-state index contributed by atoms with van der Waals surface area (Å²) in [5.74, 6) is 2.57. The molecule has 6 heteroatoms. The average molecular weight is 362 g/mol.